The van der Waals surface area contributed by atoms with E-state index in [4.69, 9.17) is 5.11 Å². The lowest BCUT2D eigenvalue weighted by molar-refractivity contribution is -0.121. The van der Waals surface area contributed by atoms with Crippen LogP contribution < -0.4 is 5.32 Å². The lowest BCUT2D eigenvalue weighted by Gasteiger charge is -2.12. The Kier molecular flexibility index (Phi) is 5.88. The summed E-state index contributed by atoms with van der Waals surface area (Å²) in [7, 11) is 0. The van der Waals surface area contributed by atoms with Crippen LogP contribution in [0.25, 0.3) is 0 Å². The fourth-order valence-corrected chi connectivity index (χ4v) is 3.31. The first-order chi connectivity index (χ1) is 10.1. The lowest BCUT2D eigenvalue weighted by atomic mass is 10.1. The van der Waals surface area contributed by atoms with E-state index in [9.17, 15) is 4.79 Å². The van der Waals surface area contributed by atoms with Gasteiger partial charge in [0.1, 0.15) is 0 Å². The molecule has 0 spiro atoms. The molecule has 2 rings (SSSR count). The summed E-state index contributed by atoms with van der Waals surface area (Å²) in [5, 5.41) is 12.1. The number of carbonyl (C=O) groups is 1. The second-order valence-corrected chi connectivity index (χ2v) is 6.75. The average Bonchev–Trinajstić information content (AvgIpc) is 2.90. The van der Waals surface area contributed by atoms with Gasteiger partial charge in [-0.3, -0.25) is 4.79 Å². The van der Waals surface area contributed by atoms with Crippen LogP contribution in [0.3, 0.4) is 0 Å². The van der Waals surface area contributed by atoms with Crippen molar-refractivity contribution in [2.24, 2.45) is 5.92 Å². The number of nitrogens with one attached hydrogen (secondary N) is 1. The maximum Gasteiger partial charge on any atom is 0.221 e. The van der Waals surface area contributed by atoms with Gasteiger partial charge in [-0.2, -0.15) is 0 Å². The predicted molar refractivity (Wildman–Crippen MR) is 87.5 cm³/mol. The van der Waals surface area contributed by atoms with Gasteiger partial charge in [0.25, 0.3) is 0 Å². The number of aliphatic hydroxyl groups excluding tert-OH is 1. The largest absolute Gasteiger partial charge is 0.396 e. The third kappa shape index (κ3) is 4.90. The van der Waals surface area contributed by atoms with E-state index in [1.165, 1.54) is 16.0 Å². The highest BCUT2D eigenvalue weighted by Gasteiger charge is 2.19. The van der Waals surface area contributed by atoms with Gasteiger partial charge in [0.05, 0.1) is 0 Å². The minimum atomic E-state index is 0.0829. The van der Waals surface area contributed by atoms with E-state index in [0.29, 0.717) is 6.42 Å². The Balaban J connectivity index is 1.70. The third-order valence-corrected chi connectivity index (χ3v) is 4.82. The molecular formula is C17H23NO2S. The quantitative estimate of drug-likeness (QED) is 0.627. The minimum Gasteiger partial charge on any atom is -0.396 e. The predicted octanol–water partition coefficient (Wildman–Crippen LogP) is 2.84. The smallest absolute Gasteiger partial charge is 0.221 e. The monoisotopic (exact) mass is 305 g/mol. The first kappa shape index (κ1) is 16.1. The van der Waals surface area contributed by atoms with Crippen LogP contribution in [0.5, 0.6) is 0 Å². The Labute approximate surface area is 130 Å². The molecule has 1 aliphatic carbocycles. The Hall–Kier alpha value is -1.26. The van der Waals surface area contributed by atoms with Crippen molar-refractivity contribution < 1.29 is 9.90 Å². The summed E-state index contributed by atoms with van der Waals surface area (Å²) >= 11 is 1.72. The molecular weight excluding hydrogens is 282 g/mol. The van der Waals surface area contributed by atoms with Crippen molar-refractivity contribution >= 4 is 17.7 Å². The van der Waals surface area contributed by atoms with Gasteiger partial charge in [0.15, 0.2) is 0 Å². The molecule has 0 saturated heterocycles. The number of carbonyl (C=O) groups excluding carboxylic acids is 1. The van der Waals surface area contributed by atoms with Crippen molar-refractivity contribution in [3.8, 4) is 0 Å². The Morgan fingerprint density at radius 3 is 2.81 bits per heavy atom. The van der Waals surface area contributed by atoms with Crippen molar-refractivity contribution in [2.75, 3.05) is 12.4 Å². The number of hydrogen-bond acceptors (Lipinski definition) is 3. The molecule has 114 valence electrons. The van der Waals surface area contributed by atoms with Gasteiger partial charge < -0.3 is 10.4 Å². The number of thioether (sulfide) groups is 1. The maximum atomic E-state index is 11.9. The molecule has 0 radical (unpaired) electrons. The van der Waals surface area contributed by atoms with Crippen molar-refractivity contribution in [1.82, 2.24) is 5.32 Å². The highest BCUT2D eigenvalue weighted by atomic mass is 32.2. The minimum absolute atomic E-state index is 0.0829. The maximum absolute atomic E-state index is 11.9. The highest BCUT2D eigenvalue weighted by Crippen LogP contribution is 2.22. The number of aryl methyl sites for hydroxylation is 2. The van der Waals surface area contributed by atoms with Gasteiger partial charge in [0.2, 0.25) is 5.91 Å². The van der Waals surface area contributed by atoms with E-state index in [2.05, 4.69) is 37.4 Å². The molecule has 4 heteroatoms. The topological polar surface area (TPSA) is 49.3 Å². The van der Waals surface area contributed by atoms with Crippen molar-refractivity contribution in [3.63, 3.8) is 0 Å². The SMILES string of the molecule is Cc1ccc(SCCC(=O)N[C@@H]2C=C[C@H](CO)C2)cc1C. The van der Waals surface area contributed by atoms with Crippen LogP contribution in [-0.2, 0) is 4.79 Å². The van der Waals surface area contributed by atoms with Crippen LogP contribution in [0.1, 0.15) is 24.0 Å². The first-order valence-electron chi connectivity index (χ1n) is 7.37. The average molecular weight is 305 g/mol. The Morgan fingerprint density at radius 1 is 1.33 bits per heavy atom. The number of hydrogen-bond donors (Lipinski definition) is 2. The van der Waals surface area contributed by atoms with Crippen LogP contribution in [-0.4, -0.2) is 29.4 Å². The summed E-state index contributed by atoms with van der Waals surface area (Å²) < 4.78 is 0. The zero-order valence-electron chi connectivity index (χ0n) is 12.6. The standard InChI is InChI=1S/C17H23NO2S/c1-12-3-6-16(9-13(12)2)21-8-7-17(20)18-15-5-4-14(10-15)11-19/h3-6,9,14-15,19H,7-8,10-11H2,1-2H3,(H,18,20)/t14-,15+/m0/s1. The zero-order chi connectivity index (χ0) is 15.2. The number of rotatable bonds is 6. The van der Waals surface area contributed by atoms with E-state index >= 15 is 0 Å². The van der Waals surface area contributed by atoms with Crippen molar-refractivity contribution in [3.05, 3.63) is 41.5 Å². The summed E-state index contributed by atoms with van der Waals surface area (Å²) in [4.78, 5) is 13.1. The highest BCUT2D eigenvalue weighted by molar-refractivity contribution is 7.99. The molecule has 0 saturated carbocycles. The lowest BCUT2D eigenvalue weighted by Crippen LogP contribution is -2.33. The molecule has 1 aromatic rings. The van der Waals surface area contributed by atoms with Gasteiger partial charge in [-0.1, -0.05) is 18.2 Å². The normalized spacial score (nSPS) is 20.7. The molecule has 2 atom stereocenters. The van der Waals surface area contributed by atoms with Crippen LogP contribution in [0, 0.1) is 19.8 Å². The molecule has 2 N–H and O–H groups in total. The molecule has 0 bridgehead atoms. The van der Waals surface area contributed by atoms with Crippen molar-refractivity contribution in [2.45, 2.75) is 37.6 Å². The van der Waals surface area contributed by atoms with E-state index in [-0.39, 0.29) is 24.5 Å². The summed E-state index contributed by atoms with van der Waals surface area (Å²) in [5.74, 6) is 1.06. The number of aliphatic hydroxyl groups is 1. The molecule has 0 heterocycles. The second kappa shape index (κ2) is 7.66. The van der Waals surface area contributed by atoms with Crippen LogP contribution in [0.15, 0.2) is 35.2 Å². The number of amides is 1. The Morgan fingerprint density at radius 2 is 2.14 bits per heavy atom. The summed E-state index contributed by atoms with van der Waals surface area (Å²) in [6, 6.07) is 6.48. The van der Waals surface area contributed by atoms with Gasteiger partial charge >= 0.3 is 0 Å². The van der Waals surface area contributed by atoms with Crippen LogP contribution in [0.4, 0.5) is 0 Å². The molecule has 1 aromatic carbocycles. The summed E-state index contributed by atoms with van der Waals surface area (Å²) in [6.07, 6.45) is 5.29. The Bertz CT molecular complexity index is 528. The van der Waals surface area contributed by atoms with E-state index in [0.717, 1.165) is 12.2 Å². The van der Waals surface area contributed by atoms with Gasteiger partial charge in [-0.15, -0.1) is 11.8 Å². The fourth-order valence-electron chi connectivity index (χ4n) is 2.36. The van der Waals surface area contributed by atoms with Gasteiger partial charge in [-0.05, 0) is 43.5 Å². The fraction of sp³-hybridized carbons (Fsp3) is 0.471. The van der Waals surface area contributed by atoms with E-state index in [1.807, 2.05) is 12.2 Å². The zero-order valence-corrected chi connectivity index (χ0v) is 13.5. The third-order valence-electron chi connectivity index (χ3n) is 3.83. The molecule has 1 aliphatic rings. The molecule has 0 fully saturated rings. The van der Waals surface area contributed by atoms with E-state index in [1.54, 1.807) is 11.8 Å². The molecule has 1 amide bonds. The molecule has 0 aliphatic heterocycles. The summed E-state index contributed by atoms with van der Waals surface area (Å²) in [5.41, 5.74) is 2.58. The van der Waals surface area contributed by atoms with Crippen LogP contribution in [0.2, 0.25) is 0 Å². The second-order valence-electron chi connectivity index (χ2n) is 5.58. The first-order valence-corrected chi connectivity index (χ1v) is 8.35. The molecule has 3 nitrogen and oxygen atoms in total. The van der Waals surface area contributed by atoms with Crippen LogP contribution >= 0.6 is 11.8 Å². The molecule has 21 heavy (non-hydrogen) atoms. The van der Waals surface area contributed by atoms with Crippen molar-refractivity contribution in [1.29, 1.82) is 0 Å². The molecule has 0 unspecified atom stereocenters. The van der Waals surface area contributed by atoms with E-state index < -0.39 is 0 Å². The number of benzene rings is 1. The molecule has 0 aromatic heterocycles. The summed E-state index contributed by atoms with van der Waals surface area (Å²) in [6.45, 7) is 4.37. The van der Waals surface area contributed by atoms with Gasteiger partial charge in [-0.25, -0.2) is 0 Å². The van der Waals surface area contributed by atoms with Gasteiger partial charge in [0, 0.05) is 35.6 Å².